The van der Waals surface area contributed by atoms with E-state index in [0.29, 0.717) is 31.6 Å². The summed E-state index contributed by atoms with van der Waals surface area (Å²) in [5.74, 6) is -0.681. The van der Waals surface area contributed by atoms with E-state index in [1.54, 1.807) is 28.1 Å². The van der Waals surface area contributed by atoms with Crippen LogP contribution >= 0.6 is 0 Å². The van der Waals surface area contributed by atoms with Crippen LogP contribution < -0.4 is 5.32 Å². The number of amides is 3. The maximum absolute atomic E-state index is 14.4. The molecular weight excluding hydrogens is 717 g/mol. The topological polar surface area (TPSA) is 153 Å². The maximum Gasteiger partial charge on any atom is 0.321 e. The fourth-order valence-corrected chi connectivity index (χ4v) is 8.56. The standard InChI is InChI=1S/C42H52N6O6S/c1-5-31(4)40(48-23-22-46(42(48)51)28-34-14-11-15-35(24-34)37-16-9-10-21-43-37)41(50)45-38(25-32-12-7-6-8-13-32)39(49)29-47(27-30(2)3)55(53,54)36-19-17-33(18-20-36)26-44-52/h6-21,24,30-31,38-40,49H,5,22-23,25-29H2,1-4H3,(H,45,50)/t31-,38-,39+,40-/m0/s1. The van der Waals surface area contributed by atoms with E-state index in [1.807, 2.05) is 100 Å². The van der Waals surface area contributed by atoms with Crippen LogP contribution in [0.4, 0.5) is 4.79 Å². The van der Waals surface area contributed by atoms with E-state index in [4.69, 9.17) is 0 Å². The van der Waals surface area contributed by atoms with Crippen molar-refractivity contribution in [2.75, 3.05) is 26.2 Å². The molecular formula is C42H52N6O6S. The number of nitrogens with one attached hydrogen (secondary N) is 1. The van der Waals surface area contributed by atoms with Crippen LogP contribution in [0.1, 0.15) is 50.8 Å². The van der Waals surface area contributed by atoms with Crippen LogP contribution in [-0.4, -0.2) is 88.9 Å². The van der Waals surface area contributed by atoms with Gasteiger partial charge in [0.25, 0.3) is 0 Å². The van der Waals surface area contributed by atoms with Crippen LogP contribution in [0.5, 0.6) is 0 Å². The van der Waals surface area contributed by atoms with E-state index in [9.17, 15) is 28.0 Å². The molecule has 0 saturated carbocycles. The van der Waals surface area contributed by atoms with E-state index in [1.165, 1.54) is 16.4 Å². The minimum atomic E-state index is -4.07. The predicted molar refractivity (Wildman–Crippen MR) is 213 cm³/mol. The van der Waals surface area contributed by atoms with Crippen molar-refractivity contribution < 1.29 is 23.1 Å². The van der Waals surface area contributed by atoms with Gasteiger partial charge in [-0.2, -0.15) is 9.21 Å². The summed E-state index contributed by atoms with van der Waals surface area (Å²) in [6, 6.07) is 27.1. The van der Waals surface area contributed by atoms with Crippen molar-refractivity contribution >= 4 is 22.0 Å². The van der Waals surface area contributed by atoms with Crippen LogP contribution in [-0.2, 0) is 34.3 Å². The Kier molecular flexibility index (Phi) is 14.3. The fourth-order valence-electron chi connectivity index (χ4n) is 6.94. The second-order valence-electron chi connectivity index (χ2n) is 14.7. The third kappa shape index (κ3) is 10.6. The van der Waals surface area contributed by atoms with Gasteiger partial charge in [-0.3, -0.25) is 9.78 Å². The number of hydrogen-bond acceptors (Lipinski definition) is 8. The number of nitroso groups, excluding NO2 is 1. The van der Waals surface area contributed by atoms with Crippen molar-refractivity contribution in [1.82, 2.24) is 24.4 Å². The van der Waals surface area contributed by atoms with Crippen molar-refractivity contribution in [1.29, 1.82) is 0 Å². The predicted octanol–water partition coefficient (Wildman–Crippen LogP) is 6.10. The molecule has 4 aromatic rings. The summed E-state index contributed by atoms with van der Waals surface area (Å²) in [6.45, 7) is 8.63. The molecule has 1 aromatic heterocycles. The molecule has 13 heteroatoms. The highest BCUT2D eigenvalue weighted by Crippen LogP contribution is 2.25. The number of carbonyl (C=O) groups excluding carboxylic acids is 2. The number of aromatic nitrogens is 1. The number of rotatable bonds is 19. The molecule has 1 aliphatic rings. The number of sulfonamides is 1. The summed E-state index contributed by atoms with van der Waals surface area (Å²) in [4.78, 5) is 47.0. The van der Waals surface area contributed by atoms with Gasteiger partial charge in [0.2, 0.25) is 15.9 Å². The Bertz CT molecular complexity index is 1980. The number of carbonyl (C=O) groups is 2. The van der Waals surface area contributed by atoms with Crippen LogP contribution in [0.3, 0.4) is 0 Å². The quantitative estimate of drug-likeness (QED) is 0.109. The van der Waals surface area contributed by atoms with Crippen molar-refractivity contribution in [3.05, 3.63) is 125 Å². The first kappa shape index (κ1) is 41.2. The third-order valence-corrected chi connectivity index (χ3v) is 11.9. The second kappa shape index (κ2) is 19.1. The van der Waals surface area contributed by atoms with Crippen LogP contribution in [0.2, 0.25) is 0 Å². The molecule has 5 rings (SSSR count). The van der Waals surface area contributed by atoms with Gasteiger partial charge < -0.3 is 20.2 Å². The molecule has 0 radical (unpaired) electrons. The van der Waals surface area contributed by atoms with Crippen molar-refractivity contribution in [2.24, 2.45) is 17.0 Å². The number of aliphatic hydroxyl groups is 1. The van der Waals surface area contributed by atoms with Crippen molar-refractivity contribution in [3.63, 3.8) is 0 Å². The molecule has 2 N–H and O–H groups in total. The number of aliphatic hydroxyl groups excluding tert-OH is 1. The monoisotopic (exact) mass is 768 g/mol. The zero-order valence-electron chi connectivity index (χ0n) is 32.0. The zero-order chi connectivity index (χ0) is 39.5. The lowest BCUT2D eigenvalue weighted by atomic mass is 9.95. The highest BCUT2D eigenvalue weighted by atomic mass is 32.2. The van der Waals surface area contributed by atoms with E-state index in [-0.39, 0.29) is 48.8 Å². The molecule has 3 amide bonds. The first-order chi connectivity index (χ1) is 26.4. The van der Waals surface area contributed by atoms with Gasteiger partial charge in [-0.25, -0.2) is 13.2 Å². The molecule has 0 aliphatic carbocycles. The van der Waals surface area contributed by atoms with Gasteiger partial charge in [-0.1, -0.05) is 106 Å². The molecule has 1 aliphatic heterocycles. The number of hydrogen-bond donors (Lipinski definition) is 2. The van der Waals surface area contributed by atoms with E-state index < -0.39 is 34.1 Å². The van der Waals surface area contributed by atoms with Crippen LogP contribution in [0, 0.1) is 16.7 Å². The number of nitrogens with zero attached hydrogens (tertiary/aromatic N) is 5. The normalized spacial score (nSPS) is 15.6. The van der Waals surface area contributed by atoms with Gasteiger partial charge in [0.15, 0.2) is 0 Å². The Morgan fingerprint density at radius 2 is 1.62 bits per heavy atom. The summed E-state index contributed by atoms with van der Waals surface area (Å²) in [7, 11) is -4.07. The summed E-state index contributed by atoms with van der Waals surface area (Å²) >= 11 is 0. The average Bonchev–Trinajstić information content (AvgIpc) is 3.53. The van der Waals surface area contributed by atoms with Gasteiger partial charge in [0, 0.05) is 44.5 Å². The average molecular weight is 769 g/mol. The summed E-state index contributed by atoms with van der Waals surface area (Å²) in [5.41, 5.74) is 4.17. The molecule has 0 bridgehead atoms. The van der Waals surface area contributed by atoms with Gasteiger partial charge in [0.1, 0.15) is 12.6 Å². The Hall–Kier alpha value is -4.98. The molecule has 1 saturated heterocycles. The van der Waals surface area contributed by atoms with E-state index in [2.05, 4.69) is 15.5 Å². The van der Waals surface area contributed by atoms with Crippen molar-refractivity contribution in [3.8, 4) is 11.3 Å². The Morgan fingerprint density at radius 1 is 0.909 bits per heavy atom. The number of urea groups is 1. The largest absolute Gasteiger partial charge is 0.390 e. The summed E-state index contributed by atoms with van der Waals surface area (Å²) in [5, 5.41) is 17.8. The molecule has 55 heavy (non-hydrogen) atoms. The highest BCUT2D eigenvalue weighted by molar-refractivity contribution is 7.89. The highest BCUT2D eigenvalue weighted by Gasteiger charge is 2.41. The van der Waals surface area contributed by atoms with Crippen molar-refractivity contribution in [2.45, 2.75) is 76.7 Å². The molecule has 4 atom stereocenters. The molecule has 3 aromatic carbocycles. The Labute approximate surface area is 324 Å². The lowest BCUT2D eigenvalue weighted by molar-refractivity contribution is -0.128. The summed E-state index contributed by atoms with van der Waals surface area (Å²) < 4.78 is 29.2. The SMILES string of the molecule is CC[C@H](C)[C@@H](C(=O)N[C@@H](Cc1ccccc1)[C@H](O)CN(CC(C)C)S(=O)(=O)c1ccc(CN=O)cc1)N1CCN(Cc2cccc(-c3ccccn3)c2)C1=O. The van der Waals surface area contributed by atoms with Crippen LogP contribution in [0.15, 0.2) is 113 Å². The van der Waals surface area contributed by atoms with E-state index >= 15 is 0 Å². The van der Waals surface area contributed by atoms with Gasteiger partial charge >= 0.3 is 6.03 Å². The minimum Gasteiger partial charge on any atom is -0.390 e. The first-order valence-electron chi connectivity index (χ1n) is 18.9. The third-order valence-electron chi connectivity index (χ3n) is 10.0. The minimum absolute atomic E-state index is 0.0241. The maximum atomic E-state index is 14.4. The molecule has 0 unspecified atom stereocenters. The number of pyridine rings is 1. The zero-order valence-corrected chi connectivity index (χ0v) is 32.8. The lowest BCUT2D eigenvalue weighted by Crippen LogP contribution is -2.57. The van der Waals surface area contributed by atoms with Crippen LogP contribution in [0.25, 0.3) is 11.3 Å². The Morgan fingerprint density at radius 3 is 2.27 bits per heavy atom. The van der Waals surface area contributed by atoms with E-state index in [0.717, 1.165) is 22.4 Å². The fraction of sp³-hybridized carbons (Fsp3) is 0.405. The van der Waals surface area contributed by atoms with Gasteiger partial charge in [0.05, 0.1) is 22.7 Å². The molecule has 1 fully saturated rings. The molecule has 0 spiro atoms. The van der Waals surface area contributed by atoms with Gasteiger partial charge in [-0.15, -0.1) is 0 Å². The summed E-state index contributed by atoms with van der Waals surface area (Å²) in [6.07, 6.45) is 1.30. The number of benzene rings is 3. The van der Waals surface area contributed by atoms with Gasteiger partial charge in [-0.05, 0) is 65.3 Å². The lowest BCUT2D eigenvalue weighted by Gasteiger charge is -2.35. The molecule has 292 valence electrons. The Balaban J connectivity index is 1.36. The molecule has 12 nitrogen and oxygen atoms in total. The first-order valence-corrected chi connectivity index (χ1v) is 20.3. The smallest absolute Gasteiger partial charge is 0.321 e. The second-order valence-corrected chi connectivity index (χ2v) is 16.6. The molecule has 2 heterocycles.